The van der Waals surface area contributed by atoms with Gasteiger partial charge in [0.05, 0.1) is 19.8 Å². The summed E-state index contributed by atoms with van der Waals surface area (Å²) in [6.45, 7) is 0.0599. The molecule has 21 heavy (non-hydrogen) atoms. The highest BCUT2D eigenvalue weighted by molar-refractivity contribution is 7.89. The third-order valence-corrected chi connectivity index (χ3v) is 4.30. The maximum atomic E-state index is 12.2. The van der Waals surface area contributed by atoms with Gasteiger partial charge in [-0.3, -0.25) is 4.98 Å². The SMILES string of the molecule is COc1cccc(OC)c1CNS(=O)(=O)c1cccnc1. The Hall–Kier alpha value is -2.12. The van der Waals surface area contributed by atoms with Crippen LogP contribution in [-0.2, 0) is 16.6 Å². The molecule has 0 atom stereocenters. The fourth-order valence-corrected chi connectivity index (χ4v) is 2.82. The lowest BCUT2D eigenvalue weighted by Crippen LogP contribution is -2.23. The normalized spacial score (nSPS) is 11.1. The summed E-state index contributed by atoms with van der Waals surface area (Å²) in [6, 6.07) is 8.32. The van der Waals surface area contributed by atoms with Crippen molar-refractivity contribution in [2.75, 3.05) is 14.2 Å². The largest absolute Gasteiger partial charge is 0.496 e. The van der Waals surface area contributed by atoms with Crippen molar-refractivity contribution in [3.05, 3.63) is 48.3 Å². The van der Waals surface area contributed by atoms with E-state index in [2.05, 4.69) is 9.71 Å². The van der Waals surface area contributed by atoms with Crippen molar-refractivity contribution in [3.8, 4) is 11.5 Å². The van der Waals surface area contributed by atoms with Gasteiger partial charge >= 0.3 is 0 Å². The summed E-state index contributed by atoms with van der Waals surface area (Å²) >= 11 is 0. The van der Waals surface area contributed by atoms with Crippen LogP contribution in [0.25, 0.3) is 0 Å². The van der Waals surface area contributed by atoms with E-state index in [0.717, 1.165) is 0 Å². The molecule has 6 nitrogen and oxygen atoms in total. The van der Waals surface area contributed by atoms with Crippen LogP contribution in [0.4, 0.5) is 0 Å². The van der Waals surface area contributed by atoms with Crippen LogP contribution in [0.1, 0.15) is 5.56 Å². The average molecular weight is 308 g/mol. The van der Waals surface area contributed by atoms with Crippen LogP contribution in [0.3, 0.4) is 0 Å². The second kappa shape index (κ2) is 6.55. The molecule has 0 bridgehead atoms. The van der Waals surface area contributed by atoms with Gasteiger partial charge in [-0.15, -0.1) is 0 Å². The molecule has 0 saturated heterocycles. The van der Waals surface area contributed by atoms with E-state index >= 15 is 0 Å². The minimum atomic E-state index is -3.63. The van der Waals surface area contributed by atoms with Crippen LogP contribution < -0.4 is 14.2 Å². The van der Waals surface area contributed by atoms with Crippen LogP contribution in [0.15, 0.2) is 47.6 Å². The molecule has 0 aliphatic carbocycles. The van der Waals surface area contributed by atoms with Gasteiger partial charge in [-0.05, 0) is 24.3 Å². The average Bonchev–Trinajstić information content (AvgIpc) is 2.53. The maximum absolute atomic E-state index is 12.2. The lowest BCUT2D eigenvalue weighted by Gasteiger charge is -2.13. The van der Waals surface area contributed by atoms with E-state index in [1.54, 1.807) is 24.3 Å². The molecule has 0 unspecified atom stereocenters. The highest BCUT2D eigenvalue weighted by Gasteiger charge is 2.17. The van der Waals surface area contributed by atoms with Crippen molar-refractivity contribution in [2.24, 2.45) is 0 Å². The summed E-state index contributed by atoms with van der Waals surface area (Å²) in [7, 11) is -0.589. The van der Waals surface area contributed by atoms with E-state index in [0.29, 0.717) is 17.1 Å². The minimum Gasteiger partial charge on any atom is -0.496 e. The second-order valence-electron chi connectivity index (χ2n) is 4.15. The first-order valence-electron chi connectivity index (χ1n) is 6.18. The van der Waals surface area contributed by atoms with Gasteiger partial charge in [0.15, 0.2) is 0 Å². The molecule has 0 radical (unpaired) electrons. The number of methoxy groups -OCH3 is 2. The molecule has 0 aliphatic rings. The second-order valence-corrected chi connectivity index (χ2v) is 5.92. The van der Waals surface area contributed by atoms with E-state index in [4.69, 9.17) is 9.47 Å². The first-order valence-corrected chi connectivity index (χ1v) is 7.66. The number of nitrogens with one attached hydrogen (secondary N) is 1. The zero-order valence-corrected chi connectivity index (χ0v) is 12.6. The van der Waals surface area contributed by atoms with Gasteiger partial charge in [-0.25, -0.2) is 13.1 Å². The van der Waals surface area contributed by atoms with Crippen molar-refractivity contribution in [2.45, 2.75) is 11.4 Å². The predicted octanol–water partition coefficient (Wildman–Crippen LogP) is 1.58. The highest BCUT2D eigenvalue weighted by atomic mass is 32.2. The van der Waals surface area contributed by atoms with E-state index in [9.17, 15) is 8.42 Å². The quantitative estimate of drug-likeness (QED) is 0.876. The van der Waals surface area contributed by atoms with Crippen LogP contribution in [-0.4, -0.2) is 27.6 Å². The summed E-state index contributed by atoms with van der Waals surface area (Å²) < 4.78 is 37.3. The fraction of sp³-hybridized carbons (Fsp3) is 0.214. The molecular weight excluding hydrogens is 292 g/mol. The van der Waals surface area contributed by atoms with Crippen molar-refractivity contribution < 1.29 is 17.9 Å². The number of rotatable bonds is 6. The number of nitrogens with zero attached hydrogens (tertiary/aromatic N) is 1. The Labute approximate surface area is 123 Å². The van der Waals surface area contributed by atoms with Gasteiger partial charge in [0.25, 0.3) is 0 Å². The fourth-order valence-electron chi connectivity index (χ4n) is 1.86. The third-order valence-electron chi connectivity index (χ3n) is 2.91. The summed E-state index contributed by atoms with van der Waals surface area (Å²) in [6.07, 6.45) is 2.81. The third kappa shape index (κ3) is 3.50. The van der Waals surface area contributed by atoms with Gasteiger partial charge in [0, 0.05) is 18.9 Å². The number of sulfonamides is 1. The van der Waals surface area contributed by atoms with Crippen LogP contribution in [0, 0.1) is 0 Å². The molecule has 1 aromatic carbocycles. The standard InChI is InChI=1S/C14H16N2O4S/c1-19-13-6-3-7-14(20-2)12(13)10-16-21(17,18)11-5-4-8-15-9-11/h3-9,16H,10H2,1-2H3. The number of aromatic nitrogens is 1. The molecule has 2 rings (SSSR count). The molecular formula is C14H16N2O4S. The van der Waals surface area contributed by atoms with Crippen LogP contribution >= 0.6 is 0 Å². The van der Waals surface area contributed by atoms with Gasteiger partial charge in [-0.1, -0.05) is 6.07 Å². The number of hydrogen-bond donors (Lipinski definition) is 1. The molecule has 0 aliphatic heterocycles. The van der Waals surface area contributed by atoms with Crippen LogP contribution in [0.5, 0.6) is 11.5 Å². The van der Waals surface area contributed by atoms with Crippen molar-refractivity contribution in [1.29, 1.82) is 0 Å². The topological polar surface area (TPSA) is 77.5 Å². The Morgan fingerprint density at radius 2 is 1.76 bits per heavy atom. The number of ether oxygens (including phenoxy) is 2. The van der Waals surface area contributed by atoms with Crippen molar-refractivity contribution in [1.82, 2.24) is 9.71 Å². The lowest BCUT2D eigenvalue weighted by molar-refractivity contribution is 0.384. The smallest absolute Gasteiger partial charge is 0.242 e. The van der Waals surface area contributed by atoms with Crippen molar-refractivity contribution >= 4 is 10.0 Å². The molecule has 2 aromatic rings. The van der Waals surface area contributed by atoms with Gasteiger partial charge in [-0.2, -0.15) is 0 Å². The van der Waals surface area contributed by atoms with Gasteiger partial charge in [0.2, 0.25) is 10.0 Å². The van der Waals surface area contributed by atoms with Gasteiger partial charge in [0.1, 0.15) is 16.4 Å². The molecule has 1 heterocycles. The van der Waals surface area contributed by atoms with Crippen LogP contribution in [0.2, 0.25) is 0 Å². The number of pyridine rings is 1. The zero-order chi connectivity index (χ0) is 15.3. The monoisotopic (exact) mass is 308 g/mol. The summed E-state index contributed by atoms with van der Waals surface area (Å²) in [4.78, 5) is 3.91. The van der Waals surface area contributed by atoms with E-state index in [1.165, 1.54) is 32.7 Å². The molecule has 0 saturated carbocycles. The van der Waals surface area contributed by atoms with E-state index < -0.39 is 10.0 Å². The molecule has 0 spiro atoms. The summed E-state index contributed by atoms with van der Waals surface area (Å²) in [5.41, 5.74) is 0.634. The van der Waals surface area contributed by atoms with E-state index in [1.807, 2.05) is 0 Å². The Kier molecular flexibility index (Phi) is 4.77. The van der Waals surface area contributed by atoms with E-state index in [-0.39, 0.29) is 11.4 Å². The predicted molar refractivity (Wildman–Crippen MR) is 77.8 cm³/mol. The molecule has 0 amide bonds. The highest BCUT2D eigenvalue weighted by Crippen LogP contribution is 2.28. The Morgan fingerprint density at radius 3 is 2.29 bits per heavy atom. The molecule has 7 heteroatoms. The molecule has 1 aromatic heterocycles. The Morgan fingerprint density at radius 1 is 1.10 bits per heavy atom. The molecule has 1 N–H and O–H groups in total. The molecule has 0 fully saturated rings. The first-order chi connectivity index (χ1) is 10.1. The first kappa shape index (κ1) is 15.3. The zero-order valence-electron chi connectivity index (χ0n) is 11.7. The summed E-state index contributed by atoms with van der Waals surface area (Å²) in [5.74, 6) is 1.12. The maximum Gasteiger partial charge on any atom is 0.242 e. The number of hydrogen-bond acceptors (Lipinski definition) is 5. The Bertz CT molecular complexity index is 680. The number of benzene rings is 1. The van der Waals surface area contributed by atoms with Gasteiger partial charge < -0.3 is 9.47 Å². The summed E-state index contributed by atoms with van der Waals surface area (Å²) in [5, 5.41) is 0. The lowest BCUT2D eigenvalue weighted by atomic mass is 10.2. The molecule has 112 valence electrons. The van der Waals surface area contributed by atoms with Crippen molar-refractivity contribution in [3.63, 3.8) is 0 Å². The Balaban J connectivity index is 2.24. The minimum absolute atomic E-state index is 0.0599.